The number of rotatable bonds is 5. The molecule has 1 aliphatic rings. The van der Waals surface area contributed by atoms with Crippen LogP contribution in [0, 0.1) is 18.3 Å². The van der Waals surface area contributed by atoms with Crippen LogP contribution in [0.5, 0.6) is 0 Å². The molecule has 0 aromatic heterocycles. The van der Waals surface area contributed by atoms with E-state index in [2.05, 4.69) is 5.92 Å². The molecule has 1 N–H and O–H groups in total. The van der Waals surface area contributed by atoms with E-state index in [0.29, 0.717) is 18.5 Å². The van der Waals surface area contributed by atoms with E-state index in [1.165, 1.54) is 6.07 Å². The second-order valence-electron chi connectivity index (χ2n) is 5.06. The second kappa shape index (κ2) is 5.68. The molecule has 0 aliphatic heterocycles. The van der Waals surface area contributed by atoms with Crippen molar-refractivity contribution in [3.63, 3.8) is 0 Å². The van der Waals surface area contributed by atoms with Crippen molar-refractivity contribution in [1.29, 1.82) is 0 Å². The topological polar surface area (TPSA) is 40.5 Å². The van der Waals surface area contributed by atoms with Gasteiger partial charge in [-0.05, 0) is 37.0 Å². The van der Waals surface area contributed by atoms with Gasteiger partial charge in [0.2, 0.25) is 0 Å². The molecule has 0 bridgehead atoms. The number of benzene rings is 1. The van der Waals surface area contributed by atoms with Gasteiger partial charge in [-0.3, -0.25) is 0 Å². The Morgan fingerprint density at radius 1 is 1.43 bits per heavy atom. The Bertz CT molecular complexity index is 586. The van der Waals surface area contributed by atoms with Crippen LogP contribution < -0.4 is 4.90 Å². The highest BCUT2D eigenvalue weighted by Gasteiger charge is 2.33. The van der Waals surface area contributed by atoms with Crippen molar-refractivity contribution in [2.45, 2.75) is 19.0 Å². The number of carboxylic acid groups (broad SMARTS) is 1. The zero-order valence-electron chi connectivity index (χ0n) is 11.2. The van der Waals surface area contributed by atoms with Crippen molar-refractivity contribution in [3.05, 3.63) is 29.3 Å². The molecule has 0 amide bonds. The zero-order valence-corrected chi connectivity index (χ0v) is 11.2. The standard InChI is InChI=1S/C15H14F3NO2/c1-2-7-19(9-10-3-4-10)13-6-5-11(15(16,17)18)8-12(13)14(20)21/h1,5-6,8,10H,3-4,7,9H2,(H,20,21). The summed E-state index contributed by atoms with van der Waals surface area (Å²) in [6, 6.07) is 2.73. The minimum atomic E-state index is -4.57. The molecule has 0 atom stereocenters. The van der Waals surface area contributed by atoms with E-state index in [0.717, 1.165) is 18.9 Å². The molecule has 0 heterocycles. The molecule has 3 nitrogen and oxygen atoms in total. The summed E-state index contributed by atoms with van der Waals surface area (Å²) in [6.45, 7) is 0.734. The predicted octanol–water partition coefficient (Wildman–Crippen LogP) is 3.25. The van der Waals surface area contributed by atoms with Gasteiger partial charge in [-0.25, -0.2) is 4.79 Å². The highest BCUT2D eigenvalue weighted by Crippen LogP contribution is 2.35. The van der Waals surface area contributed by atoms with Gasteiger partial charge in [-0.1, -0.05) is 5.92 Å². The molecular formula is C15H14F3NO2. The normalized spacial score (nSPS) is 14.6. The highest BCUT2D eigenvalue weighted by molar-refractivity contribution is 5.94. The van der Waals surface area contributed by atoms with Crippen molar-refractivity contribution >= 4 is 11.7 Å². The second-order valence-corrected chi connectivity index (χ2v) is 5.06. The Labute approximate surface area is 120 Å². The van der Waals surface area contributed by atoms with E-state index in [-0.39, 0.29) is 17.8 Å². The number of nitrogens with zero attached hydrogens (tertiary/aromatic N) is 1. The Hall–Kier alpha value is -2.16. The third-order valence-corrected chi connectivity index (χ3v) is 3.35. The van der Waals surface area contributed by atoms with E-state index >= 15 is 0 Å². The molecule has 21 heavy (non-hydrogen) atoms. The number of terminal acetylenes is 1. The van der Waals surface area contributed by atoms with Crippen LogP contribution in [0.25, 0.3) is 0 Å². The van der Waals surface area contributed by atoms with Crippen LogP contribution in [0.1, 0.15) is 28.8 Å². The number of halogens is 3. The van der Waals surface area contributed by atoms with Crippen molar-refractivity contribution in [2.75, 3.05) is 18.0 Å². The van der Waals surface area contributed by atoms with Gasteiger partial charge in [0.25, 0.3) is 0 Å². The summed E-state index contributed by atoms with van der Waals surface area (Å²) in [4.78, 5) is 12.9. The zero-order chi connectivity index (χ0) is 15.6. The fraction of sp³-hybridized carbons (Fsp3) is 0.400. The van der Waals surface area contributed by atoms with E-state index in [9.17, 15) is 23.1 Å². The van der Waals surface area contributed by atoms with Crippen molar-refractivity contribution in [2.24, 2.45) is 5.92 Å². The van der Waals surface area contributed by atoms with Crippen molar-refractivity contribution in [3.8, 4) is 12.3 Å². The van der Waals surface area contributed by atoms with Gasteiger partial charge >= 0.3 is 12.1 Å². The molecule has 1 aliphatic carbocycles. The third-order valence-electron chi connectivity index (χ3n) is 3.35. The molecule has 0 radical (unpaired) electrons. The largest absolute Gasteiger partial charge is 0.478 e. The third kappa shape index (κ3) is 3.69. The van der Waals surface area contributed by atoms with Crippen LogP contribution in [0.3, 0.4) is 0 Å². The van der Waals surface area contributed by atoms with Gasteiger partial charge < -0.3 is 10.0 Å². The smallest absolute Gasteiger partial charge is 0.416 e. The van der Waals surface area contributed by atoms with Crippen LogP contribution in [-0.4, -0.2) is 24.2 Å². The minimum absolute atomic E-state index is 0.169. The number of carboxylic acids is 1. The monoisotopic (exact) mass is 297 g/mol. The van der Waals surface area contributed by atoms with Crippen LogP contribution >= 0.6 is 0 Å². The first kappa shape index (κ1) is 15.2. The number of anilines is 1. The lowest BCUT2D eigenvalue weighted by Gasteiger charge is -2.24. The van der Waals surface area contributed by atoms with E-state index in [1.807, 2.05) is 0 Å². The van der Waals surface area contributed by atoms with E-state index < -0.39 is 17.7 Å². The van der Waals surface area contributed by atoms with Crippen molar-refractivity contribution < 1.29 is 23.1 Å². The fourth-order valence-electron chi connectivity index (χ4n) is 2.13. The summed E-state index contributed by atoms with van der Waals surface area (Å²) in [5.74, 6) is 1.46. The predicted molar refractivity (Wildman–Crippen MR) is 72.2 cm³/mol. The number of hydrogen-bond acceptors (Lipinski definition) is 2. The Balaban J connectivity index is 2.40. The van der Waals surface area contributed by atoms with Crippen LogP contribution in [0.2, 0.25) is 0 Å². The average Bonchev–Trinajstić information content (AvgIpc) is 3.20. The summed E-state index contributed by atoms with van der Waals surface area (Å²) in [5.41, 5.74) is -1.11. The molecule has 0 saturated heterocycles. The van der Waals surface area contributed by atoms with Gasteiger partial charge in [0, 0.05) is 6.54 Å². The Morgan fingerprint density at radius 3 is 2.57 bits per heavy atom. The molecule has 0 spiro atoms. The first-order valence-electron chi connectivity index (χ1n) is 6.46. The summed E-state index contributed by atoms with van der Waals surface area (Å²) in [6.07, 6.45) is 2.76. The lowest BCUT2D eigenvalue weighted by Crippen LogP contribution is -2.28. The van der Waals surface area contributed by atoms with E-state index in [4.69, 9.17) is 6.42 Å². The molecule has 1 aromatic carbocycles. The summed E-state index contributed by atoms with van der Waals surface area (Å²) in [7, 11) is 0. The van der Waals surface area contributed by atoms with Gasteiger partial charge in [-0.2, -0.15) is 13.2 Å². The molecule has 1 saturated carbocycles. The Morgan fingerprint density at radius 2 is 2.10 bits per heavy atom. The van der Waals surface area contributed by atoms with Gasteiger partial charge in [0.05, 0.1) is 23.4 Å². The van der Waals surface area contributed by atoms with Gasteiger partial charge in [0.1, 0.15) is 0 Å². The fourth-order valence-corrected chi connectivity index (χ4v) is 2.13. The molecule has 2 rings (SSSR count). The Kier molecular flexibility index (Phi) is 4.12. The maximum Gasteiger partial charge on any atom is 0.416 e. The molecular weight excluding hydrogens is 283 g/mol. The lowest BCUT2D eigenvalue weighted by molar-refractivity contribution is -0.137. The lowest BCUT2D eigenvalue weighted by atomic mass is 10.1. The maximum absolute atomic E-state index is 12.7. The number of alkyl halides is 3. The van der Waals surface area contributed by atoms with E-state index in [1.54, 1.807) is 4.90 Å². The molecule has 1 aromatic rings. The average molecular weight is 297 g/mol. The first-order valence-corrected chi connectivity index (χ1v) is 6.46. The first-order chi connectivity index (χ1) is 9.82. The maximum atomic E-state index is 12.7. The van der Waals surface area contributed by atoms with Crippen LogP contribution in [-0.2, 0) is 6.18 Å². The minimum Gasteiger partial charge on any atom is -0.478 e. The van der Waals surface area contributed by atoms with Crippen molar-refractivity contribution in [1.82, 2.24) is 0 Å². The number of carbonyl (C=O) groups is 1. The van der Waals surface area contributed by atoms with Gasteiger partial charge in [0.15, 0.2) is 0 Å². The van der Waals surface area contributed by atoms with Crippen LogP contribution in [0.15, 0.2) is 18.2 Å². The molecule has 0 unspecified atom stereocenters. The molecule has 1 fully saturated rings. The summed E-state index contributed by atoms with van der Waals surface area (Å²) >= 11 is 0. The number of aromatic carboxylic acids is 1. The molecule has 112 valence electrons. The van der Waals surface area contributed by atoms with Gasteiger partial charge in [-0.15, -0.1) is 6.42 Å². The SMILES string of the molecule is C#CCN(CC1CC1)c1ccc(C(F)(F)F)cc1C(=O)O. The highest BCUT2D eigenvalue weighted by atomic mass is 19.4. The quantitative estimate of drug-likeness (QED) is 0.848. The summed E-state index contributed by atoms with van der Waals surface area (Å²) < 4.78 is 38.1. The number of hydrogen-bond donors (Lipinski definition) is 1. The van der Waals surface area contributed by atoms with Crippen LogP contribution in [0.4, 0.5) is 18.9 Å². The molecule has 6 heteroatoms. The summed E-state index contributed by atoms with van der Waals surface area (Å²) in [5, 5.41) is 9.18.